The zero-order valence-electron chi connectivity index (χ0n) is 13.2. The van der Waals surface area contributed by atoms with Gasteiger partial charge in [0.2, 0.25) is 5.91 Å². The highest BCUT2D eigenvalue weighted by Gasteiger charge is 2.21. The molecule has 0 spiro atoms. The average Bonchev–Trinajstić information content (AvgIpc) is 3.29. The molecular formula is C18H15N5O2. The first kappa shape index (κ1) is 15.1. The van der Waals surface area contributed by atoms with Crippen molar-refractivity contribution in [1.29, 1.82) is 0 Å². The molecule has 0 radical (unpaired) electrons. The van der Waals surface area contributed by atoms with Crippen LogP contribution in [0.2, 0.25) is 0 Å². The molecule has 0 aliphatic carbocycles. The quantitative estimate of drug-likeness (QED) is 0.606. The fraction of sp³-hybridized carbons (Fsp3) is 0.111. The van der Waals surface area contributed by atoms with Gasteiger partial charge in [-0.3, -0.25) is 4.79 Å². The number of amides is 1. The van der Waals surface area contributed by atoms with E-state index in [2.05, 4.69) is 20.8 Å². The van der Waals surface area contributed by atoms with Gasteiger partial charge in [0.15, 0.2) is 0 Å². The summed E-state index contributed by atoms with van der Waals surface area (Å²) in [5, 5.41) is 14.8. The molecule has 0 saturated carbocycles. The second-order valence-corrected chi connectivity index (χ2v) is 5.61. The number of hydrogen-bond donors (Lipinski definition) is 1. The largest absolute Gasteiger partial charge is 0.459 e. The summed E-state index contributed by atoms with van der Waals surface area (Å²) in [7, 11) is 0. The molecule has 4 aromatic rings. The van der Waals surface area contributed by atoms with Gasteiger partial charge in [0, 0.05) is 5.39 Å². The number of nitrogens with one attached hydrogen (secondary N) is 1. The van der Waals surface area contributed by atoms with Crippen molar-refractivity contribution in [2.75, 3.05) is 0 Å². The molecule has 2 aromatic heterocycles. The first-order valence-electron chi connectivity index (χ1n) is 7.83. The summed E-state index contributed by atoms with van der Waals surface area (Å²) in [6.07, 6.45) is 1.40. The Balaban J connectivity index is 1.65. The van der Waals surface area contributed by atoms with Gasteiger partial charge in [0.25, 0.3) is 0 Å². The van der Waals surface area contributed by atoms with Crippen LogP contribution in [-0.2, 0) is 11.3 Å². The van der Waals surface area contributed by atoms with Gasteiger partial charge in [-0.1, -0.05) is 48.5 Å². The summed E-state index contributed by atoms with van der Waals surface area (Å²) in [6.45, 7) is 0.0383. The molecule has 7 heteroatoms. The standard InChI is InChI=1S/C18H15N5O2/c24-17(11-23-12-19-21-22-23)20-18(13-6-2-1-3-7-13)16-10-14-8-4-5-9-15(14)25-16/h1-10,12,18H,11H2,(H,20,24). The summed E-state index contributed by atoms with van der Waals surface area (Å²) in [5.74, 6) is 0.471. The maximum Gasteiger partial charge on any atom is 0.242 e. The van der Waals surface area contributed by atoms with E-state index in [0.29, 0.717) is 5.76 Å². The van der Waals surface area contributed by atoms with Crippen LogP contribution in [-0.4, -0.2) is 26.1 Å². The summed E-state index contributed by atoms with van der Waals surface area (Å²) in [5.41, 5.74) is 1.72. The van der Waals surface area contributed by atoms with Crippen LogP contribution in [0.4, 0.5) is 0 Å². The van der Waals surface area contributed by atoms with Crippen molar-refractivity contribution in [3.8, 4) is 0 Å². The van der Waals surface area contributed by atoms with Crippen LogP contribution < -0.4 is 5.32 Å². The van der Waals surface area contributed by atoms with Gasteiger partial charge in [-0.25, -0.2) is 4.68 Å². The topological polar surface area (TPSA) is 85.8 Å². The third-order valence-corrected chi connectivity index (χ3v) is 3.86. The summed E-state index contributed by atoms with van der Waals surface area (Å²) >= 11 is 0. The van der Waals surface area contributed by atoms with Gasteiger partial charge in [0.1, 0.15) is 30.3 Å². The van der Waals surface area contributed by atoms with Crippen molar-refractivity contribution in [1.82, 2.24) is 25.5 Å². The third-order valence-electron chi connectivity index (χ3n) is 3.86. The number of hydrogen-bond acceptors (Lipinski definition) is 5. The second kappa shape index (κ2) is 6.56. The van der Waals surface area contributed by atoms with E-state index >= 15 is 0 Å². The van der Waals surface area contributed by atoms with Crippen LogP contribution in [0.1, 0.15) is 17.4 Å². The molecule has 1 unspecified atom stereocenters. The summed E-state index contributed by atoms with van der Waals surface area (Å²) < 4.78 is 7.33. The van der Waals surface area contributed by atoms with Gasteiger partial charge in [-0.15, -0.1) is 5.10 Å². The van der Waals surface area contributed by atoms with E-state index in [1.54, 1.807) is 0 Å². The molecule has 0 aliphatic rings. The first-order valence-corrected chi connectivity index (χ1v) is 7.83. The Morgan fingerprint density at radius 1 is 1.12 bits per heavy atom. The van der Waals surface area contributed by atoms with Crippen LogP contribution >= 0.6 is 0 Å². The number of nitrogens with zero attached hydrogens (tertiary/aromatic N) is 4. The number of benzene rings is 2. The average molecular weight is 333 g/mol. The van der Waals surface area contributed by atoms with E-state index in [4.69, 9.17) is 4.42 Å². The minimum atomic E-state index is -0.391. The number of aromatic nitrogens is 4. The van der Waals surface area contributed by atoms with Crippen LogP contribution in [0.15, 0.2) is 71.4 Å². The predicted molar refractivity (Wildman–Crippen MR) is 90.5 cm³/mol. The van der Waals surface area contributed by atoms with Crippen molar-refractivity contribution >= 4 is 16.9 Å². The Labute approximate surface area is 143 Å². The van der Waals surface area contributed by atoms with E-state index in [-0.39, 0.29) is 12.5 Å². The van der Waals surface area contributed by atoms with Gasteiger partial charge >= 0.3 is 0 Å². The highest BCUT2D eigenvalue weighted by Crippen LogP contribution is 2.28. The Bertz CT molecular complexity index is 946. The lowest BCUT2D eigenvalue weighted by Crippen LogP contribution is -2.32. The number of furan rings is 1. The molecule has 0 fully saturated rings. The number of carbonyl (C=O) groups excluding carboxylic acids is 1. The Kier molecular flexibility index (Phi) is 3.96. The molecule has 7 nitrogen and oxygen atoms in total. The normalized spacial score (nSPS) is 12.2. The van der Waals surface area contributed by atoms with Crippen LogP contribution in [0.3, 0.4) is 0 Å². The fourth-order valence-corrected chi connectivity index (χ4v) is 2.72. The number of carbonyl (C=O) groups is 1. The number of fused-ring (bicyclic) bond motifs is 1. The molecule has 2 heterocycles. The van der Waals surface area contributed by atoms with E-state index in [9.17, 15) is 4.79 Å². The monoisotopic (exact) mass is 333 g/mol. The van der Waals surface area contributed by atoms with Gasteiger partial charge in [0.05, 0.1) is 0 Å². The molecule has 0 aliphatic heterocycles. The van der Waals surface area contributed by atoms with Gasteiger partial charge in [-0.05, 0) is 28.1 Å². The molecule has 1 amide bonds. The maximum absolute atomic E-state index is 12.4. The number of para-hydroxylation sites is 1. The SMILES string of the molecule is O=C(Cn1cnnn1)NC(c1ccccc1)c1cc2ccccc2o1. The van der Waals surface area contributed by atoms with Crippen molar-refractivity contribution in [3.05, 3.63) is 78.3 Å². The zero-order chi connectivity index (χ0) is 17.1. The lowest BCUT2D eigenvalue weighted by Gasteiger charge is -2.17. The van der Waals surface area contributed by atoms with E-state index < -0.39 is 6.04 Å². The smallest absolute Gasteiger partial charge is 0.242 e. The lowest BCUT2D eigenvalue weighted by atomic mass is 10.0. The van der Waals surface area contributed by atoms with Crippen LogP contribution in [0.25, 0.3) is 11.0 Å². The molecule has 2 aromatic carbocycles. The third kappa shape index (κ3) is 3.25. The summed E-state index contributed by atoms with van der Waals surface area (Å²) in [6, 6.07) is 19.0. The van der Waals surface area contributed by atoms with Crippen molar-refractivity contribution in [2.45, 2.75) is 12.6 Å². The molecule has 124 valence electrons. The lowest BCUT2D eigenvalue weighted by molar-refractivity contribution is -0.122. The molecule has 1 N–H and O–H groups in total. The van der Waals surface area contributed by atoms with Crippen LogP contribution in [0.5, 0.6) is 0 Å². The molecular weight excluding hydrogens is 318 g/mol. The second-order valence-electron chi connectivity index (χ2n) is 5.61. The van der Waals surface area contributed by atoms with Crippen molar-refractivity contribution in [2.24, 2.45) is 0 Å². The Morgan fingerprint density at radius 3 is 2.68 bits per heavy atom. The minimum absolute atomic E-state index is 0.0383. The molecule has 0 saturated heterocycles. The molecule has 0 bridgehead atoms. The molecule has 25 heavy (non-hydrogen) atoms. The minimum Gasteiger partial charge on any atom is -0.459 e. The van der Waals surface area contributed by atoms with Crippen molar-refractivity contribution < 1.29 is 9.21 Å². The van der Waals surface area contributed by atoms with E-state index in [1.165, 1.54) is 11.0 Å². The summed E-state index contributed by atoms with van der Waals surface area (Å²) in [4.78, 5) is 12.4. The van der Waals surface area contributed by atoms with E-state index in [1.807, 2.05) is 60.7 Å². The predicted octanol–water partition coefficient (Wildman–Crippen LogP) is 2.33. The molecule has 4 rings (SSSR count). The van der Waals surface area contributed by atoms with Gasteiger partial charge < -0.3 is 9.73 Å². The maximum atomic E-state index is 12.4. The molecule has 1 atom stereocenters. The number of tetrazole rings is 1. The number of rotatable bonds is 5. The van der Waals surface area contributed by atoms with Gasteiger partial charge in [-0.2, -0.15) is 0 Å². The first-order chi connectivity index (χ1) is 12.3. The fourth-order valence-electron chi connectivity index (χ4n) is 2.72. The Morgan fingerprint density at radius 2 is 1.92 bits per heavy atom. The highest BCUT2D eigenvalue weighted by molar-refractivity contribution is 5.79. The van der Waals surface area contributed by atoms with E-state index in [0.717, 1.165) is 16.5 Å². The highest BCUT2D eigenvalue weighted by atomic mass is 16.3. The van der Waals surface area contributed by atoms with Crippen molar-refractivity contribution in [3.63, 3.8) is 0 Å². The zero-order valence-corrected chi connectivity index (χ0v) is 13.2. The Hall–Kier alpha value is -3.48. The van der Waals surface area contributed by atoms with Crippen LogP contribution in [0, 0.1) is 0 Å².